The quantitative estimate of drug-likeness (QED) is 0.429. The van der Waals surface area contributed by atoms with E-state index in [2.05, 4.69) is 20.3 Å². The molecule has 0 saturated carbocycles. The molecule has 5 N–H and O–H groups in total. The third-order valence-corrected chi connectivity index (χ3v) is 4.29. The van der Waals surface area contributed by atoms with Gasteiger partial charge in [0, 0.05) is 6.54 Å². The number of fused-ring (bicyclic) bond motifs is 1. The van der Waals surface area contributed by atoms with Crippen LogP contribution in [0.2, 0.25) is 0 Å². The van der Waals surface area contributed by atoms with Crippen LogP contribution in [-0.4, -0.2) is 77.5 Å². The van der Waals surface area contributed by atoms with Crippen molar-refractivity contribution in [2.24, 2.45) is 0 Å². The van der Waals surface area contributed by atoms with E-state index in [9.17, 15) is 20.4 Å². The Balaban J connectivity index is 1.98. The van der Waals surface area contributed by atoms with Gasteiger partial charge in [0.25, 0.3) is 0 Å². The van der Waals surface area contributed by atoms with Crippen LogP contribution >= 0.6 is 0 Å². The van der Waals surface area contributed by atoms with Gasteiger partial charge in [-0.1, -0.05) is 11.6 Å². The van der Waals surface area contributed by atoms with Crippen LogP contribution in [0, 0.1) is 0 Å². The SMILES string of the molecule is CC(C)=CCNc1ncnc2ncn([C@H]3O[C@H](CO)[C@@H](O)[C@H](O)[C@H]3O)c12. The molecule has 3 rings (SSSR count). The van der Waals surface area contributed by atoms with E-state index in [4.69, 9.17) is 4.74 Å². The zero-order chi connectivity index (χ0) is 18.8. The second kappa shape index (κ2) is 7.64. The first-order valence-corrected chi connectivity index (χ1v) is 8.29. The highest BCUT2D eigenvalue weighted by molar-refractivity contribution is 5.83. The number of rotatable bonds is 5. The minimum absolute atomic E-state index is 0.386. The molecule has 10 nitrogen and oxygen atoms in total. The van der Waals surface area contributed by atoms with E-state index in [1.165, 1.54) is 17.2 Å². The second-order valence-electron chi connectivity index (χ2n) is 6.43. The molecular weight excluding hydrogens is 342 g/mol. The van der Waals surface area contributed by atoms with Crippen LogP contribution in [0.15, 0.2) is 24.3 Å². The summed E-state index contributed by atoms with van der Waals surface area (Å²) < 4.78 is 7.09. The Hall–Kier alpha value is -2.11. The Kier molecular flexibility index (Phi) is 5.49. The van der Waals surface area contributed by atoms with Crippen LogP contribution in [0.5, 0.6) is 0 Å². The highest BCUT2D eigenvalue weighted by Crippen LogP contribution is 2.32. The van der Waals surface area contributed by atoms with E-state index < -0.39 is 37.3 Å². The number of hydrogen-bond donors (Lipinski definition) is 5. The number of hydrogen-bond acceptors (Lipinski definition) is 9. The van der Waals surface area contributed by atoms with Crippen LogP contribution in [0.1, 0.15) is 20.1 Å². The van der Waals surface area contributed by atoms with Gasteiger partial charge in [-0.2, -0.15) is 0 Å². The number of imidazole rings is 1. The summed E-state index contributed by atoms with van der Waals surface area (Å²) in [5, 5.41) is 42.9. The van der Waals surface area contributed by atoms with Gasteiger partial charge in [-0.3, -0.25) is 4.57 Å². The average Bonchev–Trinajstić information content (AvgIpc) is 3.05. The number of aromatic nitrogens is 4. The van der Waals surface area contributed by atoms with Crippen molar-refractivity contribution in [2.75, 3.05) is 18.5 Å². The maximum absolute atomic E-state index is 10.4. The monoisotopic (exact) mass is 365 g/mol. The Morgan fingerprint density at radius 1 is 1.19 bits per heavy atom. The van der Waals surface area contributed by atoms with Gasteiger partial charge in [0.1, 0.15) is 42.6 Å². The number of aliphatic hydroxyl groups excluding tert-OH is 4. The summed E-state index contributed by atoms with van der Waals surface area (Å²) in [7, 11) is 0. The topological polar surface area (TPSA) is 146 Å². The molecule has 1 fully saturated rings. The van der Waals surface area contributed by atoms with Crippen LogP contribution < -0.4 is 5.32 Å². The number of nitrogens with one attached hydrogen (secondary N) is 1. The molecule has 1 aliphatic heterocycles. The van der Waals surface area contributed by atoms with Crippen molar-refractivity contribution >= 4 is 17.0 Å². The zero-order valence-corrected chi connectivity index (χ0v) is 14.5. The van der Waals surface area contributed by atoms with E-state index >= 15 is 0 Å². The molecule has 1 aliphatic rings. The summed E-state index contributed by atoms with van der Waals surface area (Å²) in [5.74, 6) is 0.488. The number of aliphatic hydroxyl groups is 4. The van der Waals surface area contributed by atoms with Crippen molar-refractivity contribution < 1.29 is 25.2 Å². The minimum Gasteiger partial charge on any atom is -0.394 e. The van der Waals surface area contributed by atoms with Crippen LogP contribution in [0.4, 0.5) is 5.82 Å². The van der Waals surface area contributed by atoms with Crippen LogP contribution in [0.3, 0.4) is 0 Å². The van der Waals surface area contributed by atoms with Crippen LogP contribution in [0.25, 0.3) is 11.2 Å². The third-order valence-electron chi connectivity index (χ3n) is 4.29. The Labute approximate surface area is 149 Å². The maximum atomic E-state index is 10.4. The maximum Gasteiger partial charge on any atom is 0.183 e. The first-order chi connectivity index (χ1) is 12.4. The molecule has 2 aromatic heterocycles. The molecule has 3 heterocycles. The van der Waals surface area contributed by atoms with Gasteiger partial charge in [-0.05, 0) is 13.8 Å². The lowest BCUT2D eigenvalue weighted by Crippen LogP contribution is -2.56. The van der Waals surface area contributed by atoms with E-state index in [1.807, 2.05) is 19.9 Å². The van der Waals surface area contributed by atoms with Gasteiger partial charge < -0.3 is 30.5 Å². The summed E-state index contributed by atoms with van der Waals surface area (Å²) in [4.78, 5) is 12.5. The predicted octanol–water partition coefficient (Wildman–Crippen LogP) is -0.823. The van der Waals surface area contributed by atoms with Gasteiger partial charge in [0.15, 0.2) is 17.7 Å². The lowest BCUT2D eigenvalue weighted by atomic mass is 9.98. The lowest BCUT2D eigenvalue weighted by Gasteiger charge is -2.40. The van der Waals surface area contributed by atoms with E-state index in [0.29, 0.717) is 23.5 Å². The van der Waals surface area contributed by atoms with Gasteiger partial charge in [0.05, 0.1) is 6.61 Å². The Bertz CT molecular complexity index is 788. The van der Waals surface area contributed by atoms with Gasteiger partial charge in [-0.15, -0.1) is 0 Å². The molecule has 0 spiro atoms. The second-order valence-corrected chi connectivity index (χ2v) is 6.43. The molecule has 5 atom stereocenters. The van der Waals surface area contributed by atoms with Crippen LogP contribution in [-0.2, 0) is 4.74 Å². The standard InChI is InChI=1S/C16H23N5O5/c1-8(2)3-4-17-14-10-15(19-6-18-14)20-7-21(10)16-13(25)12(24)11(23)9(5-22)26-16/h3,6-7,9,11-13,16,22-25H,4-5H2,1-2H3,(H,17,18,19)/t9-,11-,12+,13-,16+/m1/s1. The van der Waals surface area contributed by atoms with Gasteiger partial charge in [0.2, 0.25) is 0 Å². The third kappa shape index (κ3) is 3.41. The molecule has 0 amide bonds. The molecule has 1 saturated heterocycles. The summed E-state index contributed by atoms with van der Waals surface area (Å²) in [6, 6.07) is 0. The Morgan fingerprint density at radius 2 is 1.96 bits per heavy atom. The molecule has 0 aliphatic carbocycles. The molecular formula is C16H23N5O5. The molecule has 10 heteroatoms. The van der Waals surface area contributed by atoms with Crippen molar-refractivity contribution in [3.63, 3.8) is 0 Å². The van der Waals surface area contributed by atoms with Gasteiger partial charge in [-0.25, -0.2) is 15.0 Å². The van der Waals surface area contributed by atoms with E-state index in [0.717, 1.165) is 5.57 Å². The summed E-state index contributed by atoms with van der Waals surface area (Å²) in [5.41, 5.74) is 2.01. The minimum atomic E-state index is -1.48. The largest absolute Gasteiger partial charge is 0.394 e. The first-order valence-electron chi connectivity index (χ1n) is 8.29. The zero-order valence-electron chi connectivity index (χ0n) is 14.5. The summed E-state index contributed by atoms with van der Waals surface area (Å²) in [6.45, 7) is 4.00. The van der Waals surface area contributed by atoms with Crippen molar-refractivity contribution in [3.8, 4) is 0 Å². The number of allylic oxidation sites excluding steroid dienone is 1. The lowest BCUT2D eigenvalue weighted by molar-refractivity contribution is -0.250. The molecule has 2 aromatic rings. The molecule has 0 bridgehead atoms. The fourth-order valence-corrected chi connectivity index (χ4v) is 2.86. The number of anilines is 1. The molecule has 142 valence electrons. The number of nitrogens with zero attached hydrogens (tertiary/aromatic N) is 4. The van der Waals surface area contributed by atoms with Crippen molar-refractivity contribution in [2.45, 2.75) is 44.5 Å². The molecule has 26 heavy (non-hydrogen) atoms. The van der Waals surface area contributed by atoms with E-state index in [1.54, 1.807) is 0 Å². The Morgan fingerprint density at radius 3 is 2.65 bits per heavy atom. The normalized spacial score (nSPS) is 28.9. The highest BCUT2D eigenvalue weighted by atomic mass is 16.6. The van der Waals surface area contributed by atoms with Crippen molar-refractivity contribution in [1.82, 2.24) is 19.5 Å². The number of ether oxygens (including phenoxy) is 1. The average molecular weight is 365 g/mol. The van der Waals surface area contributed by atoms with Gasteiger partial charge >= 0.3 is 0 Å². The molecule has 0 aromatic carbocycles. The fourth-order valence-electron chi connectivity index (χ4n) is 2.86. The fraction of sp³-hybridized carbons (Fsp3) is 0.562. The van der Waals surface area contributed by atoms with Crippen molar-refractivity contribution in [3.05, 3.63) is 24.3 Å². The molecule has 0 unspecified atom stereocenters. The summed E-state index contributed by atoms with van der Waals surface area (Å²) in [6.07, 6.45) is -1.62. The first kappa shape index (κ1) is 18.7. The smallest absolute Gasteiger partial charge is 0.183 e. The highest BCUT2D eigenvalue weighted by Gasteiger charge is 2.44. The predicted molar refractivity (Wildman–Crippen MR) is 92.3 cm³/mol. The summed E-state index contributed by atoms with van der Waals surface area (Å²) >= 11 is 0. The van der Waals surface area contributed by atoms with E-state index in [-0.39, 0.29) is 0 Å². The van der Waals surface area contributed by atoms with Crippen molar-refractivity contribution in [1.29, 1.82) is 0 Å². The molecule has 0 radical (unpaired) electrons.